The average molecular weight is 347 g/mol. The van der Waals surface area contributed by atoms with E-state index in [0.29, 0.717) is 5.75 Å². The van der Waals surface area contributed by atoms with Crippen molar-refractivity contribution in [1.29, 1.82) is 0 Å². The number of hydrogen-bond donors (Lipinski definition) is 1. The fourth-order valence-electron chi connectivity index (χ4n) is 1.87. The predicted octanol–water partition coefficient (Wildman–Crippen LogP) is 4.30. The smallest absolute Gasteiger partial charge is 0.173 e. The van der Waals surface area contributed by atoms with Crippen LogP contribution in [-0.4, -0.2) is 21.5 Å². The van der Waals surface area contributed by atoms with Gasteiger partial charge in [-0.05, 0) is 18.2 Å². The van der Waals surface area contributed by atoms with Gasteiger partial charge in [0.25, 0.3) is 0 Å². The summed E-state index contributed by atoms with van der Waals surface area (Å²) in [7, 11) is 0. The van der Waals surface area contributed by atoms with Gasteiger partial charge in [0.2, 0.25) is 0 Å². The van der Waals surface area contributed by atoms with E-state index in [0.717, 1.165) is 26.2 Å². The lowest BCUT2D eigenvalue weighted by atomic mass is 10.2. The summed E-state index contributed by atoms with van der Waals surface area (Å²) in [5.41, 5.74) is 2.61. The van der Waals surface area contributed by atoms with Crippen LogP contribution in [0.1, 0.15) is 10.4 Å². The molecule has 0 unspecified atom stereocenters. The van der Waals surface area contributed by atoms with Crippen molar-refractivity contribution in [3.8, 4) is 0 Å². The summed E-state index contributed by atoms with van der Waals surface area (Å²) in [6.45, 7) is 0. The Morgan fingerprint density at radius 1 is 1.20 bits per heavy atom. The highest BCUT2D eigenvalue weighted by Gasteiger charge is 2.09. The summed E-state index contributed by atoms with van der Waals surface area (Å²) in [5.74, 6) is 0.489. The van der Waals surface area contributed by atoms with Crippen LogP contribution in [0.15, 0.2) is 58.2 Å². The van der Waals surface area contributed by atoms with Crippen molar-refractivity contribution >= 4 is 44.5 Å². The molecule has 0 radical (unpaired) electrons. The van der Waals surface area contributed by atoms with Gasteiger partial charge in [-0.15, -0.1) is 0 Å². The Morgan fingerprint density at radius 2 is 2.00 bits per heavy atom. The van der Waals surface area contributed by atoms with Gasteiger partial charge in [-0.25, -0.2) is 4.98 Å². The number of rotatable bonds is 4. The van der Waals surface area contributed by atoms with Gasteiger partial charge in [-0.1, -0.05) is 58.0 Å². The number of benzene rings is 2. The number of carbonyl (C=O) groups is 1. The van der Waals surface area contributed by atoms with Crippen molar-refractivity contribution in [1.82, 2.24) is 9.97 Å². The third kappa shape index (κ3) is 2.94. The van der Waals surface area contributed by atoms with E-state index in [9.17, 15) is 4.79 Å². The van der Waals surface area contributed by atoms with E-state index in [1.54, 1.807) is 0 Å². The zero-order chi connectivity index (χ0) is 13.9. The Balaban J connectivity index is 1.72. The minimum absolute atomic E-state index is 0.109. The van der Waals surface area contributed by atoms with Crippen molar-refractivity contribution in [2.24, 2.45) is 0 Å². The lowest BCUT2D eigenvalue weighted by Crippen LogP contribution is -2.01. The summed E-state index contributed by atoms with van der Waals surface area (Å²) in [5, 5.41) is 0.766. The first-order chi connectivity index (χ1) is 9.72. The first-order valence-electron chi connectivity index (χ1n) is 6.09. The van der Waals surface area contributed by atoms with Crippen molar-refractivity contribution in [3.05, 3.63) is 58.6 Å². The van der Waals surface area contributed by atoms with Gasteiger partial charge in [-0.2, -0.15) is 0 Å². The van der Waals surface area contributed by atoms with Crippen LogP contribution < -0.4 is 0 Å². The number of fused-ring (bicyclic) bond motifs is 1. The van der Waals surface area contributed by atoms with Gasteiger partial charge in [0.15, 0.2) is 10.9 Å². The molecule has 0 aliphatic rings. The summed E-state index contributed by atoms with van der Waals surface area (Å²) in [6, 6.07) is 15.2. The number of hydrogen-bond acceptors (Lipinski definition) is 3. The molecule has 1 N–H and O–H groups in total. The zero-order valence-corrected chi connectivity index (χ0v) is 12.9. The van der Waals surface area contributed by atoms with Crippen LogP contribution >= 0.6 is 27.7 Å². The second kappa shape index (κ2) is 5.81. The number of imidazole rings is 1. The number of carbonyl (C=O) groups excluding carboxylic acids is 1. The molecule has 0 amide bonds. The molecule has 1 aromatic heterocycles. The molecule has 100 valence electrons. The van der Waals surface area contributed by atoms with E-state index >= 15 is 0 Å². The minimum Gasteiger partial charge on any atom is -0.333 e. The van der Waals surface area contributed by atoms with Gasteiger partial charge in [0.1, 0.15) is 0 Å². The topological polar surface area (TPSA) is 45.8 Å². The highest BCUT2D eigenvalue weighted by atomic mass is 79.9. The first-order valence-corrected chi connectivity index (χ1v) is 7.86. The van der Waals surface area contributed by atoms with E-state index in [1.807, 2.05) is 48.5 Å². The Kier molecular flexibility index (Phi) is 3.89. The second-order valence-corrected chi connectivity index (χ2v) is 6.16. The Bertz CT molecular complexity index is 755. The van der Waals surface area contributed by atoms with Gasteiger partial charge in [-0.3, -0.25) is 4.79 Å². The minimum atomic E-state index is 0.109. The molecule has 0 saturated carbocycles. The molecular weight excluding hydrogens is 336 g/mol. The molecule has 0 spiro atoms. The van der Waals surface area contributed by atoms with Crippen molar-refractivity contribution in [2.45, 2.75) is 5.16 Å². The van der Waals surface area contributed by atoms with Crippen molar-refractivity contribution in [2.75, 3.05) is 5.75 Å². The zero-order valence-electron chi connectivity index (χ0n) is 10.5. The molecule has 1 heterocycles. The number of nitrogens with zero attached hydrogens (tertiary/aromatic N) is 1. The number of thioether (sulfide) groups is 1. The first kappa shape index (κ1) is 13.4. The molecule has 0 bridgehead atoms. The lowest BCUT2D eigenvalue weighted by Gasteiger charge is -1.98. The molecule has 0 aliphatic carbocycles. The number of aromatic amines is 1. The van der Waals surface area contributed by atoms with E-state index in [1.165, 1.54) is 11.8 Å². The molecular formula is C15H11BrN2OS. The molecule has 2 aromatic carbocycles. The van der Waals surface area contributed by atoms with Crippen LogP contribution in [0.3, 0.4) is 0 Å². The van der Waals surface area contributed by atoms with E-state index in [-0.39, 0.29) is 5.78 Å². The molecule has 5 heteroatoms. The third-order valence-electron chi connectivity index (χ3n) is 2.86. The lowest BCUT2D eigenvalue weighted by molar-refractivity contribution is 0.102. The number of H-pyrrole nitrogens is 1. The maximum absolute atomic E-state index is 12.0. The standard InChI is InChI=1S/C15H11BrN2OS/c16-11-6-7-12-13(8-11)18-15(17-12)20-9-14(19)10-4-2-1-3-5-10/h1-8H,9H2,(H,17,18). The van der Waals surface area contributed by atoms with Crippen LogP contribution in [0.4, 0.5) is 0 Å². The molecule has 3 nitrogen and oxygen atoms in total. The number of aromatic nitrogens is 2. The highest BCUT2D eigenvalue weighted by molar-refractivity contribution is 9.10. The maximum atomic E-state index is 12.0. The molecule has 3 aromatic rings. The Hall–Kier alpha value is -1.59. The van der Waals surface area contributed by atoms with E-state index in [4.69, 9.17) is 0 Å². The molecule has 0 saturated heterocycles. The average Bonchev–Trinajstić information content (AvgIpc) is 2.87. The summed E-state index contributed by atoms with van der Waals surface area (Å²) < 4.78 is 1.01. The maximum Gasteiger partial charge on any atom is 0.173 e. The molecule has 20 heavy (non-hydrogen) atoms. The van der Waals surface area contributed by atoms with Crippen LogP contribution in [0.2, 0.25) is 0 Å². The summed E-state index contributed by atoms with van der Waals surface area (Å²) >= 11 is 4.85. The Labute approximate surface area is 128 Å². The molecule has 3 rings (SSSR count). The third-order valence-corrected chi connectivity index (χ3v) is 4.22. The van der Waals surface area contributed by atoms with Crippen LogP contribution in [-0.2, 0) is 0 Å². The quantitative estimate of drug-likeness (QED) is 0.565. The van der Waals surface area contributed by atoms with E-state index in [2.05, 4.69) is 25.9 Å². The number of Topliss-reactive ketones (excluding diaryl/α,β-unsaturated/α-hetero) is 1. The number of halogens is 1. The van der Waals surface area contributed by atoms with Crippen LogP contribution in [0.5, 0.6) is 0 Å². The van der Waals surface area contributed by atoms with E-state index < -0.39 is 0 Å². The second-order valence-electron chi connectivity index (χ2n) is 4.28. The van der Waals surface area contributed by atoms with Crippen LogP contribution in [0, 0.1) is 0 Å². The Morgan fingerprint density at radius 3 is 2.80 bits per heavy atom. The largest absolute Gasteiger partial charge is 0.333 e. The fourth-order valence-corrected chi connectivity index (χ4v) is 3.01. The predicted molar refractivity (Wildman–Crippen MR) is 85.3 cm³/mol. The fraction of sp³-hybridized carbons (Fsp3) is 0.0667. The van der Waals surface area contributed by atoms with Crippen LogP contribution in [0.25, 0.3) is 11.0 Å². The van der Waals surface area contributed by atoms with Crippen molar-refractivity contribution < 1.29 is 4.79 Å². The number of nitrogens with one attached hydrogen (secondary N) is 1. The highest BCUT2D eigenvalue weighted by Crippen LogP contribution is 2.23. The molecule has 0 fully saturated rings. The van der Waals surface area contributed by atoms with Gasteiger partial charge >= 0.3 is 0 Å². The molecule has 0 atom stereocenters. The normalized spacial score (nSPS) is 10.8. The van der Waals surface area contributed by atoms with Crippen molar-refractivity contribution in [3.63, 3.8) is 0 Å². The SMILES string of the molecule is O=C(CSc1nc2ccc(Br)cc2[nH]1)c1ccccc1. The summed E-state index contributed by atoms with van der Waals surface area (Å²) in [4.78, 5) is 19.7. The van der Waals surface area contributed by atoms with Gasteiger partial charge in [0.05, 0.1) is 16.8 Å². The van der Waals surface area contributed by atoms with Gasteiger partial charge in [0, 0.05) is 10.0 Å². The monoisotopic (exact) mass is 346 g/mol. The number of ketones is 1. The molecule has 0 aliphatic heterocycles. The summed E-state index contributed by atoms with van der Waals surface area (Å²) in [6.07, 6.45) is 0. The van der Waals surface area contributed by atoms with Gasteiger partial charge < -0.3 is 4.98 Å².